The van der Waals surface area contributed by atoms with E-state index < -0.39 is 0 Å². The molecule has 3 nitrogen and oxygen atoms in total. The molecule has 0 unspecified atom stereocenters. The smallest absolute Gasteiger partial charge is 0.256 e. The van der Waals surface area contributed by atoms with Gasteiger partial charge in [-0.15, -0.1) is 0 Å². The molecule has 0 aliphatic rings. The number of rotatable bonds is 3. The van der Waals surface area contributed by atoms with Crippen LogP contribution in [-0.4, -0.2) is 10.9 Å². The van der Waals surface area contributed by atoms with Crippen molar-refractivity contribution >= 4 is 33.3 Å². The van der Waals surface area contributed by atoms with E-state index in [1.807, 2.05) is 67.6 Å². The predicted octanol–water partition coefficient (Wildman–Crippen LogP) is 6.92. The van der Waals surface area contributed by atoms with E-state index in [4.69, 9.17) is 4.98 Å². The van der Waals surface area contributed by atoms with E-state index in [9.17, 15) is 4.79 Å². The van der Waals surface area contributed by atoms with E-state index in [0.717, 1.165) is 44.2 Å². The molecule has 0 radical (unpaired) electrons. The second-order valence-corrected chi connectivity index (χ2v) is 7.86. The third-order valence-electron chi connectivity index (χ3n) is 5.70. The zero-order valence-corrected chi connectivity index (χ0v) is 17.5. The number of para-hydroxylation sites is 1. The van der Waals surface area contributed by atoms with Gasteiger partial charge in [0, 0.05) is 16.6 Å². The van der Waals surface area contributed by atoms with Crippen LogP contribution in [0.25, 0.3) is 32.9 Å². The van der Waals surface area contributed by atoms with Crippen molar-refractivity contribution in [2.24, 2.45) is 0 Å². The van der Waals surface area contributed by atoms with Crippen molar-refractivity contribution in [1.82, 2.24) is 4.98 Å². The lowest BCUT2D eigenvalue weighted by molar-refractivity contribution is 0.102. The van der Waals surface area contributed by atoms with E-state index in [1.54, 1.807) is 0 Å². The zero-order valence-electron chi connectivity index (χ0n) is 17.5. The minimum Gasteiger partial charge on any atom is -0.322 e. The molecule has 1 N–H and O–H groups in total. The SMILES string of the molecule is Cc1ccc(-c2nc3ccccc3c(C(=O)Nc3ccc4ccccc4c3)c2C)cc1. The summed E-state index contributed by atoms with van der Waals surface area (Å²) in [5.74, 6) is -0.125. The summed E-state index contributed by atoms with van der Waals surface area (Å²) in [4.78, 5) is 18.4. The summed E-state index contributed by atoms with van der Waals surface area (Å²) in [6, 6.07) is 30.2. The lowest BCUT2D eigenvalue weighted by Gasteiger charge is -2.15. The number of anilines is 1. The number of carbonyl (C=O) groups is 1. The Labute approximate surface area is 181 Å². The Morgan fingerprint density at radius 2 is 1.48 bits per heavy atom. The average Bonchev–Trinajstić information content (AvgIpc) is 2.79. The number of aromatic nitrogens is 1. The van der Waals surface area contributed by atoms with Gasteiger partial charge >= 0.3 is 0 Å². The topological polar surface area (TPSA) is 42.0 Å². The zero-order chi connectivity index (χ0) is 21.4. The van der Waals surface area contributed by atoms with Crippen LogP contribution in [0.4, 0.5) is 5.69 Å². The van der Waals surface area contributed by atoms with Gasteiger partial charge in [0.15, 0.2) is 0 Å². The van der Waals surface area contributed by atoms with Crippen LogP contribution in [0.5, 0.6) is 0 Å². The summed E-state index contributed by atoms with van der Waals surface area (Å²) < 4.78 is 0. The molecule has 31 heavy (non-hydrogen) atoms. The number of nitrogens with zero attached hydrogens (tertiary/aromatic N) is 1. The number of amides is 1. The summed E-state index contributed by atoms with van der Waals surface area (Å²) in [6.45, 7) is 4.04. The van der Waals surface area contributed by atoms with Crippen LogP contribution in [-0.2, 0) is 0 Å². The molecule has 1 amide bonds. The summed E-state index contributed by atoms with van der Waals surface area (Å²) >= 11 is 0. The minimum atomic E-state index is -0.125. The quantitative estimate of drug-likeness (QED) is 0.356. The van der Waals surface area contributed by atoms with Gasteiger partial charge in [-0.05, 0) is 48.4 Å². The fraction of sp³-hybridized carbons (Fsp3) is 0.0714. The predicted molar refractivity (Wildman–Crippen MR) is 129 cm³/mol. The first-order valence-electron chi connectivity index (χ1n) is 10.4. The summed E-state index contributed by atoms with van der Waals surface area (Å²) in [5, 5.41) is 6.20. The third kappa shape index (κ3) is 3.55. The van der Waals surface area contributed by atoms with Gasteiger partial charge in [0.25, 0.3) is 5.91 Å². The molecule has 5 rings (SSSR count). The first-order chi connectivity index (χ1) is 15.1. The fourth-order valence-electron chi connectivity index (χ4n) is 4.05. The molecule has 0 aliphatic heterocycles. The molecule has 1 heterocycles. The van der Waals surface area contributed by atoms with Gasteiger partial charge in [0.2, 0.25) is 0 Å². The highest BCUT2D eigenvalue weighted by molar-refractivity contribution is 6.14. The molecule has 150 valence electrons. The lowest BCUT2D eigenvalue weighted by atomic mass is 9.96. The van der Waals surface area contributed by atoms with Crippen molar-refractivity contribution in [3.8, 4) is 11.3 Å². The van der Waals surface area contributed by atoms with Crippen molar-refractivity contribution in [3.63, 3.8) is 0 Å². The Bertz CT molecular complexity index is 1440. The molecule has 3 heteroatoms. The monoisotopic (exact) mass is 402 g/mol. The number of nitrogens with one attached hydrogen (secondary N) is 1. The van der Waals surface area contributed by atoms with E-state index in [1.165, 1.54) is 5.56 Å². The van der Waals surface area contributed by atoms with E-state index in [0.29, 0.717) is 5.56 Å². The van der Waals surface area contributed by atoms with Gasteiger partial charge in [-0.3, -0.25) is 4.79 Å². The van der Waals surface area contributed by atoms with Crippen molar-refractivity contribution in [2.45, 2.75) is 13.8 Å². The number of carbonyl (C=O) groups excluding carboxylic acids is 1. The highest BCUT2D eigenvalue weighted by atomic mass is 16.1. The Balaban J connectivity index is 1.62. The number of fused-ring (bicyclic) bond motifs is 2. The highest BCUT2D eigenvalue weighted by Crippen LogP contribution is 2.30. The molecule has 5 aromatic rings. The molecule has 0 saturated heterocycles. The maximum atomic E-state index is 13.5. The third-order valence-corrected chi connectivity index (χ3v) is 5.70. The Hall–Kier alpha value is -3.98. The number of aryl methyl sites for hydroxylation is 1. The van der Waals surface area contributed by atoms with Crippen LogP contribution in [0.1, 0.15) is 21.5 Å². The van der Waals surface area contributed by atoms with Crippen LogP contribution < -0.4 is 5.32 Å². The largest absolute Gasteiger partial charge is 0.322 e. The summed E-state index contributed by atoms with van der Waals surface area (Å²) in [6.07, 6.45) is 0. The van der Waals surface area contributed by atoms with Crippen molar-refractivity contribution < 1.29 is 4.79 Å². The van der Waals surface area contributed by atoms with Crippen LogP contribution in [0.15, 0.2) is 91.0 Å². The first kappa shape index (κ1) is 19.0. The normalized spacial score (nSPS) is 11.0. The van der Waals surface area contributed by atoms with E-state index in [-0.39, 0.29) is 5.91 Å². The van der Waals surface area contributed by atoms with Crippen LogP contribution in [0, 0.1) is 13.8 Å². The second kappa shape index (κ2) is 7.69. The first-order valence-corrected chi connectivity index (χ1v) is 10.4. The van der Waals surface area contributed by atoms with Crippen molar-refractivity contribution in [2.75, 3.05) is 5.32 Å². The molecule has 4 aromatic carbocycles. The Kier molecular flexibility index (Phi) is 4.72. The van der Waals surface area contributed by atoms with Crippen LogP contribution in [0.2, 0.25) is 0 Å². The summed E-state index contributed by atoms with van der Waals surface area (Å²) in [7, 11) is 0. The molecule has 0 spiro atoms. The van der Waals surface area contributed by atoms with E-state index >= 15 is 0 Å². The number of pyridine rings is 1. The maximum absolute atomic E-state index is 13.5. The molecule has 1 aromatic heterocycles. The number of hydrogen-bond acceptors (Lipinski definition) is 2. The van der Waals surface area contributed by atoms with Crippen LogP contribution in [0.3, 0.4) is 0 Å². The average molecular weight is 402 g/mol. The van der Waals surface area contributed by atoms with Gasteiger partial charge in [-0.1, -0.05) is 78.4 Å². The highest BCUT2D eigenvalue weighted by Gasteiger charge is 2.19. The summed E-state index contributed by atoms with van der Waals surface area (Å²) in [5.41, 5.74) is 6.16. The van der Waals surface area contributed by atoms with Gasteiger partial charge < -0.3 is 5.32 Å². The van der Waals surface area contributed by atoms with Gasteiger partial charge in [0.05, 0.1) is 16.8 Å². The van der Waals surface area contributed by atoms with Gasteiger partial charge in [-0.25, -0.2) is 4.98 Å². The van der Waals surface area contributed by atoms with Crippen LogP contribution >= 0.6 is 0 Å². The maximum Gasteiger partial charge on any atom is 0.256 e. The molecular formula is C28H22N2O. The molecule has 0 saturated carbocycles. The molecule has 0 bridgehead atoms. The fourth-order valence-corrected chi connectivity index (χ4v) is 4.05. The Morgan fingerprint density at radius 1 is 0.774 bits per heavy atom. The van der Waals surface area contributed by atoms with Crippen molar-refractivity contribution in [1.29, 1.82) is 0 Å². The lowest BCUT2D eigenvalue weighted by Crippen LogP contribution is -2.15. The van der Waals surface area contributed by atoms with E-state index in [2.05, 4.69) is 42.6 Å². The second-order valence-electron chi connectivity index (χ2n) is 7.86. The van der Waals surface area contributed by atoms with Gasteiger partial charge in [-0.2, -0.15) is 0 Å². The molecule has 0 fully saturated rings. The number of benzene rings is 4. The molecule has 0 atom stereocenters. The standard InChI is InChI=1S/C28H22N2O/c1-18-11-13-21(14-12-18)27-19(2)26(24-9-5-6-10-25(24)30-27)28(31)29-23-16-15-20-7-3-4-8-22(20)17-23/h3-17H,1-2H3,(H,29,31). The van der Waals surface area contributed by atoms with Crippen molar-refractivity contribution in [3.05, 3.63) is 108 Å². The molecular weight excluding hydrogens is 380 g/mol. The molecule has 0 aliphatic carbocycles. The Morgan fingerprint density at radius 3 is 2.29 bits per heavy atom. The minimum absolute atomic E-state index is 0.125. The number of hydrogen-bond donors (Lipinski definition) is 1. The van der Waals surface area contributed by atoms with Gasteiger partial charge in [0.1, 0.15) is 0 Å².